The van der Waals surface area contributed by atoms with E-state index in [1.165, 1.54) is 6.92 Å². The second-order valence-electron chi connectivity index (χ2n) is 8.62. The molecule has 0 aliphatic heterocycles. The summed E-state index contributed by atoms with van der Waals surface area (Å²) in [7, 11) is 0. The third kappa shape index (κ3) is 7.54. The highest BCUT2D eigenvalue weighted by Gasteiger charge is 2.30. The highest BCUT2D eigenvalue weighted by molar-refractivity contribution is 5.95. The first kappa shape index (κ1) is 27.3. The number of hydrogen-bond acceptors (Lipinski definition) is 6. The summed E-state index contributed by atoms with van der Waals surface area (Å²) in [6.07, 6.45) is 0.935. The number of amides is 3. The van der Waals surface area contributed by atoms with Crippen molar-refractivity contribution in [1.29, 1.82) is 0 Å². The van der Waals surface area contributed by atoms with E-state index in [1.54, 1.807) is 20.0 Å². The molecule has 12 heteroatoms. The number of aromatic nitrogens is 1. The SMILES string of the molecule is CC(NC(=O)C(CC(=O)O)NC(=O)C(N)C(C)C)C(=O)NC(Cc1c[nH]c2ccccc12)C(=O)O. The smallest absolute Gasteiger partial charge is 0.326 e. The maximum Gasteiger partial charge on any atom is 0.326 e. The monoisotopic (exact) mass is 489 g/mol. The fraction of sp³-hybridized carbons (Fsp3) is 0.435. The number of fused-ring (bicyclic) bond motifs is 1. The van der Waals surface area contributed by atoms with Crippen LogP contribution in [-0.2, 0) is 30.4 Å². The molecule has 0 aliphatic rings. The number of nitrogens with two attached hydrogens (primary N) is 1. The van der Waals surface area contributed by atoms with Crippen molar-refractivity contribution in [3.8, 4) is 0 Å². The fourth-order valence-corrected chi connectivity index (χ4v) is 3.35. The maximum absolute atomic E-state index is 12.6. The Morgan fingerprint density at radius 2 is 1.54 bits per heavy atom. The van der Waals surface area contributed by atoms with Gasteiger partial charge < -0.3 is 36.9 Å². The van der Waals surface area contributed by atoms with Gasteiger partial charge in [-0.15, -0.1) is 0 Å². The van der Waals surface area contributed by atoms with Gasteiger partial charge in [0.15, 0.2) is 0 Å². The molecule has 1 aromatic heterocycles. The zero-order chi connectivity index (χ0) is 26.3. The first-order valence-corrected chi connectivity index (χ1v) is 11.1. The predicted octanol–water partition coefficient (Wildman–Crippen LogP) is -0.273. The van der Waals surface area contributed by atoms with Gasteiger partial charge in [-0.05, 0) is 24.5 Å². The lowest BCUT2D eigenvalue weighted by Crippen LogP contribution is -2.57. The zero-order valence-electron chi connectivity index (χ0n) is 19.7. The van der Waals surface area contributed by atoms with E-state index >= 15 is 0 Å². The van der Waals surface area contributed by atoms with E-state index in [0.717, 1.165) is 10.9 Å². The van der Waals surface area contributed by atoms with Crippen LogP contribution in [0.15, 0.2) is 30.5 Å². The molecule has 4 unspecified atom stereocenters. The third-order valence-electron chi connectivity index (χ3n) is 5.50. The molecular formula is C23H31N5O7. The Morgan fingerprint density at radius 1 is 0.914 bits per heavy atom. The van der Waals surface area contributed by atoms with E-state index in [-0.39, 0.29) is 12.3 Å². The van der Waals surface area contributed by atoms with E-state index in [1.807, 2.05) is 24.3 Å². The average molecular weight is 490 g/mol. The lowest BCUT2D eigenvalue weighted by molar-refractivity contribution is -0.143. The van der Waals surface area contributed by atoms with Crippen molar-refractivity contribution >= 4 is 40.6 Å². The summed E-state index contributed by atoms with van der Waals surface area (Å²) in [6.45, 7) is 4.70. The van der Waals surface area contributed by atoms with Crippen molar-refractivity contribution in [2.75, 3.05) is 0 Å². The number of hydrogen-bond donors (Lipinski definition) is 7. The number of para-hydroxylation sites is 1. The van der Waals surface area contributed by atoms with Crippen LogP contribution in [0.3, 0.4) is 0 Å². The molecule has 8 N–H and O–H groups in total. The van der Waals surface area contributed by atoms with Crippen LogP contribution >= 0.6 is 0 Å². The Balaban J connectivity index is 2.05. The number of nitrogens with one attached hydrogen (secondary N) is 4. The molecule has 190 valence electrons. The highest BCUT2D eigenvalue weighted by atomic mass is 16.4. The van der Waals surface area contributed by atoms with Gasteiger partial charge in [0, 0.05) is 23.5 Å². The van der Waals surface area contributed by atoms with E-state index in [4.69, 9.17) is 10.8 Å². The van der Waals surface area contributed by atoms with E-state index < -0.39 is 60.2 Å². The number of carbonyl (C=O) groups is 5. The van der Waals surface area contributed by atoms with Gasteiger partial charge in [0.1, 0.15) is 18.1 Å². The first-order chi connectivity index (χ1) is 16.4. The number of aliphatic carboxylic acids is 2. The molecule has 0 saturated carbocycles. The molecule has 0 fully saturated rings. The summed E-state index contributed by atoms with van der Waals surface area (Å²) in [5.41, 5.74) is 7.26. The molecule has 2 rings (SSSR count). The Hall–Kier alpha value is -3.93. The molecule has 1 heterocycles. The van der Waals surface area contributed by atoms with Gasteiger partial charge in [-0.1, -0.05) is 32.0 Å². The number of carbonyl (C=O) groups excluding carboxylic acids is 3. The van der Waals surface area contributed by atoms with Gasteiger partial charge in [-0.25, -0.2) is 4.79 Å². The summed E-state index contributed by atoms with van der Waals surface area (Å²) in [4.78, 5) is 63.4. The van der Waals surface area contributed by atoms with Gasteiger partial charge >= 0.3 is 11.9 Å². The largest absolute Gasteiger partial charge is 0.481 e. The standard InChI is InChI=1S/C23H31N5O7/c1-11(2)19(24)22(33)27-16(9-18(29)30)21(32)26-12(3)20(31)28-17(23(34)35)8-13-10-25-15-7-5-4-6-14(13)15/h4-7,10-12,16-17,19,25H,8-9,24H2,1-3H3,(H,26,32)(H,27,33)(H,28,31)(H,29,30)(H,34,35). The summed E-state index contributed by atoms with van der Waals surface area (Å²) in [5, 5.41) is 26.5. The molecule has 12 nitrogen and oxygen atoms in total. The summed E-state index contributed by atoms with van der Waals surface area (Å²) in [6, 6.07) is 2.39. The Kier molecular flexibility index (Phi) is 9.34. The van der Waals surface area contributed by atoms with Crippen LogP contribution in [0.4, 0.5) is 0 Å². The number of carboxylic acids is 2. The lowest BCUT2D eigenvalue weighted by Gasteiger charge is -2.23. The number of rotatable bonds is 12. The van der Waals surface area contributed by atoms with Crippen molar-refractivity contribution in [3.63, 3.8) is 0 Å². The topological polar surface area (TPSA) is 204 Å². The molecule has 0 spiro atoms. The van der Waals surface area contributed by atoms with Crippen LogP contribution in [0, 0.1) is 5.92 Å². The molecule has 3 amide bonds. The maximum atomic E-state index is 12.6. The summed E-state index contributed by atoms with van der Waals surface area (Å²) < 4.78 is 0. The summed E-state index contributed by atoms with van der Waals surface area (Å²) >= 11 is 0. The van der Waals surface area contributed by atoms with Crippen molar-refractivity contribution in [2.24, 2.45) is 11.7 Å². The minimum Gasteiger partial charge on any atom is -0.481 e. The van der Waals surface area contributed by atoms with Crippen molar-refractivity contribution < 1.29 is 34.2 Å². The highest BCUT2D eigenvalue weighted by Crippen LogP contribution is 2.19. The number of carboxylic acid groups (broad SMARTS) is 2. The van der Waals surface area contributed by atoms with Crippen molar-refractivity contribution in [2.45, 2.75) is 57.8 Å². The minimum atomic E-state index is -1.47. The molecular weight excluding hydrogens is 458 g/mol. The third-order valence-corrected chi connectivity index (χ3v) is 5.50. The molecule has 2 aromatic rings. The van der Waals surface area contributed by atoms with Gasteiger partial charge in [-0.3, -0.25) is 19.2 Å². The Morgan fingerprint density at radius 3 is 2.14 bits per heavy atom. The molecule has 4 atom stereocenters. The van der Waals surface area contributed by atoms with Crippen LogP contribution in [0.1, 0.15) is 32.8 Å². The van der Waals surface area contributed by atoms with Crippen LogP contribution in [0.25, 0.3) is 10.9 Å². The van der Waals surface area contributed by atoms with Gasteiger partial charge in [0.05, 0.1) is 12.5 Å². The molecule has 0 aliphatic carbocycles. The van der Waals surface area contributed by atoms with Gasteiger partial charge in [0.25, 0.3) is 0 Å². The van der Waals surface area contributed by atoms with Crippen LogP contribution in [0.5, 0.6) is 0 Å². The van der Waals surface area contributed by atoms with E-state index in [9.17, 15) is 29.1 Å². The lowest BCUT2D eigenvalue weighted by atomic mass is 10.0. The quantitative estimate of drug-likeness (QED) is 0.211. The molecule has 1 aromatic carbocycles. The molecule has 35 heavy (non-hydrogen) atoms. The fourth-order valence-electron chi connectivity index (χ4n) is 3.35. The first-order valence-electron chi connectivity index (χ1n) is 11.1. The number of benzene rings is 1. The van der Waals surface area contributed by atoms with Gasteiger partial charge in [0.2, 0.25) is 17.7 Å². The van der Waals surface area contributed by atoms with E-state index in [2.05, 4.69) is 20.9 Å². The second kappa shape index (κ2) is 12.0. The van der Waals surface area contributed by atoms with Crippen LogP contribution in [-0.4, -0.2) is 69.0 Å². The Labute approximate surface area is 201 Å². The predicted molar refractivity (Wildman–Crippen MR) is 126 cm³/mol. The molecule has 0 bridgehead atoms. The average Bonchev–Trinajstić information content (AvgIpc) is 3.19. The normalized spacial score (nSPS) is 14.5. The zero-order valence-corrected chi connectivity index (χ0v) is 19.7. The second-order valence-corrected chi connectivity index (χ2v) is 8.62. The molecule has 0 radical (unpaired) electrons. The number of aromatic amines is 1. The van der Waals surface area contributed by atoms with Crippen molar-refractivity contribution in [3.05, 3.63) is 36.0 Å². The van der Waals surface area contributed by atoms with Gasteiger partial charge in [-0.2, -0.15) is 0 Å². The summed E-state index contributed by atoms with van der Waals surface area (Å²) in [5.74, 6) is -5.26. The van der Waals surface area contributed by atoms with E-state index in [0.29, 0.717) is 5.56 Å². The minimum absolute atomic E-state index is 0.00343. The molecule has 0 saturated heterocycles. The number of H-pyrrole nitrogens is 1. The van der Waals surface area contributed by atoms with Crippen LogP contribution < -0.4 is 21.7 Å². The Bertz CT molecular complexity index is 1100. The van der Waals surface area contributed by atoms with Crippen molar-refractivity contribution in [1.82, 2.24) is 20.9 Å². The van der Waals surface area contributed by atoms with Crippen LogP contribution in [0.2, 0.25) is 0 Å².